The van der Waals surface area contributed by atoms with Crippen LogP contribution in [0.15, 0.2) is 24.3 Å². The van der Waals surface area contributed by atoms with E-state index in [9.17, 15) is 14.4 Å². The van der Waals surface area contributed by atoms with Crippen LogP contribution in [-0.4, -0.2) is 42.1 Å². The van der Waals surface area contributed by atoms with E-state index in [1.54, 1.807) is 24.0 Å². The van der Waals surface area contributed by atoms with Gasteiger partial charge in [0.2, 0.25) is 0 Å². The lowest BCUT2D eigenvalue weighted by molar-refractivity contribution is -0.136. The second kappa shape index (κ2) is 7.02. The molecule has 1 heterocycles. The molecule has 112 valence electrons. The average molecular weight is 289 g/mol. The van der Waals surface area contributed by atoms with Crippen LogP contribution in [0.2, 0.25) is 0 Å². The first kappa shape index (κ1) is 15.2. The van der Waals surface area contributed by atoms with Gasteiger partial charge in [0, 0.05) is 32.4 Å². The van der Waals surface area contributed by atoms with Gasteiger partial charge in [-0.15, -0.1) is 0 Å². The van der Waals surface area contributed by atoms with Crippen LogP contribution in [0.1, 0.15) is 25.3 Å². The lowest BCUT2D eigenvalue weighted by Crippen LogP contribution is -2.41. The number of benzene rings is 1. The number of amides is 1. The summed E-state index contributed by atoms with van der Waals surface area (Å²) in [6, 6.07) is 7.15. The number of carbonyl (C=O) groups is 3. The van der Waals surface area contributed by atoms with Crippen LogP contribution in [0, 0.1) is 0 Å². The Morgan fingerprint density at radius 3 is 2.33 bits per heavy atom. The van der Waals surface area contributed by atoms with Crippen LogP contribution in [0.25, 0.3) is 0 Å². The highest BCUT2D eigenvalue weighted by Gasteiger charge is 2.20. The van der Waals surface area contributed by atoms with Crippen molar-refractivity contribution < 1.29 is 19.1 Å². The molecule has 0 N–H and O–H groups in total. The fourth-order valence-corrected chi connectivity index (χ4v) is 2.23. The first-order valence-electron chi connectivity index (χ1n) is 7.05. The van der Waals surface area contributed by atoms with E-state index >= 15 is 0 Å². The highest BCUT2D eigenvalue weighted by molar-refractivity contribution is 5.84. The van der Waals surface area contributed by atoms with Crippen LogP contribution in [0.4, 0.5) is 0 Å². The summed E-state index contributed by atoms with van der Waals surface area (Å²) in [4.78, 5) is 35.7. The minimum absolute atomic E-state index is 0.0275. The molecule has 0 saturated carbocycles. The van der Waals surface area contributed by atoms with E-state index in [0.717, 1.165) is 5.56 Å². The van der Waals surface area contributed by atoms with Crippen molar-refractivity contribution in [3.63, 3.8) is 0 Å². The largest absolute Gasteiger partial charge is 0.484 e. The van der Waals surface area contributed by atoms with Gasteiger partial charge < -0.3 is 9.64 Å². The summed E-state index contributed by atoms with van der Waals surface area (Å²) in [5, 5.41) is 0. The molecule has 5 nitrogen and oxygen atoms in total. The van der Waals surface area contributed by atoms with Crippen LogP contribution in [0.5, 0.6) is 5.75 Å². The quantitative estimate of drug-likeness (QED) is 0.821. The van der Waals surface area contributed by atoms with Crippen molar-refractivity contribution in [2.75, 3.05) is 19.7 Å². The highest BCUT2D eigenvalue weighted by Crippen LogP contribution is 2.13. The topological polar surface area (TPSA) is 63.7 Å². The highest BCUT2D eigenvalue weighted by atomic mass is 16.5. The molecule has 0 radical (unpaired) electrons. The summed E-state index contributed by atoms with van der Waals surface area (Å²) in [5.41, 5.74) is 0.927. The number of likely N-dealkylation sites (tertiary alicyclic amines) is 1. The Morgan fingerprint density at radius 2 is 1.76 bits per heavy atom. The SMILES string of the molecule is CC(=O)Cc1ccc(OCC(=O)N2CCC(=O)CC2)cc1. The number of Topliss-reactive ketones (excluding diaryl/α,β-unsaturated/α-hetero) is 2. The zero-order valence-electron chi connectivity index (χ0n) is 12.1. The second-order valence-corrected chi connectivity index (χ2v) is 5.23. The number of ether oxygens (including phenoxy) is 1. The van der Waals surface area contributed by atoms with Gasteiger partial charge in [-0.3, -0.25) is 14.4 Å². The van der Waals surface area contributed by atoms with Crippen molar-refractivity contribution in [2.45, 2.75) is 26.2 Å². The monoisotopic (exact) mass is 289 g/mol. The zero-order valence-corrected chi connectivity index (χ0v) is 12.1. The van der Waals surface area contributed by atoms with Gasteiger partial charge in [0.15, 0.2) is 6.61 Å². The molecule has 1 aliphatic rings. The fraction of sp³-hybridized carbons (Fsp3) is 0.438. The Kier molecular flexibility index (Phi) is 5.09. The zero-order chi connectivity index (χ0) is 15.2. The number of piperidine rings is 1. The minimum atomic E-state index is -0.102. The lowest BCUT2D eigenvalue weighted by atomic mass is 10.1. The van der Waals surface area contributed by atoms with Crippen molar-refractivity contribution >= 4 is 17.5 Å². The summed E-state index contributed by atoms with van der Waals surface area (Å²) in [6.45, 7) is 2.49. The maximum Gasteiger partial charge on any atom is 0.260 e. The molecule has 1 aliphatic heterocycles. The standard InChI is InChI=1S/C16H19NO4/c1-12(18)10-13-2-4-15(5-3-13)21-11-16(20)17-8-6-14(19)7-9-17/h2-5H,6-11H2,1H3. The van der Waals surface area contributed by atoms with E-state index in [2.05, 4.69) is 0 Å². The van der Waals surface area contributed by atoms with Crippen LogP contribution in [0.3, 0.4) is 0 Å². The predicted octanol–water partition coefficient (Wildman–Crippen LogP) is 1.39. The van der Waals surface area contributed by atoms with Crippen molar-refractivity contribution in [1.82, 2.24) is 4.90 Å². The molecular formula is C16H19NO4. The molecule has 1 amide bonds. The third kappa shape index (κ3) is 4.70. The summed E-state index contributed by atoms with van der Waals surface area (Å²) in [5.74, 6) is 0.818. The molecule has 0 spiro atoms. The van der Waals surface area contributed by atoms with Crippen LogP contribution < -0.4 is 4.74 Å². The first-order chi connectivity index (χ1) is 10.0. The summed E-state index contributed by atoms with van der Waals surface area (Å²) < 4.78 is 5.45. The molecule has 1 fully saturated rings. The molecule has 0 bridgehead atoms. The number of nitrogens with zero attached hydrogens (tertiary/aromatic N) is 1. The molecule has 5 heteroatoms. The number of ketones is 2. The van der Waals surface area contributed by atoms with Crippen molar-refractivity contribution in [1.29, 1.82) is 0 Å². The van der Waals surface area contributed by atoms with E-state index in [4.69, 9.17) is 4.74 Å². The number of rotatable bonds is 5. The lowest BCUT2D eigenvalue weighted by Gasteiger charge is -2.25. The summed E-state index contributed by atoms with van der Waals surface area (Å²) >= 11 is 0. The maximum absolute atomic E-state index is 11.9. The molecule has 0 aromatic heterocycles. The third-order valence-corrected chi connectivity index (χ3v) is 3.41. The van der Waals surface area contributed by atoms with Gasteiger partial charge in [-0.05, 0) is 24.6 Å². The van der Waals surface area contributed by atoms with Crippen LogP contribution >= 0.6 is 0 Å². The van der Waals surface area contributed by atoms with Gasteiger partial charge >= 0.3 is 0 Å². The van der Waals surface area contributed by atoms with Gasteiger partial charge in [-0.25, -0.2) is 0 Å². The Hall–Kier alpha value is -2.17. The van der Waals surface area contributed by atoms with E-state index in [-0.39, 0.29) is 24.1 Å². The number of carbonyl (C=O) groups excluding carboxylic acids is 3. The maximum atomic E-state index is 11.9. The Labute approximate surface area is 123 Å². The van der Waals surface area contributed by atoms with Crippen molar-refractivity contribution in [3.8, 4) is 5.75 Å². The molecule has 0 atom stereocenters. The average Bonchev–Trinajstić information content (AvgIpc) is 2.46. The van der Waals surface area contributed by atoms with E-state index < -0.39 is 0 Å². The molecule has 1 aromatic carbocycles. The molecule has 0 aliphatic carbocycles. The minimum Gasteiger partial charge on any atom is -0.484 e. The molecule has 2 rings (SSSR count). The summed E-state index contributed by atoms with van der Waals surface area (Å²) in [7, 11) is 0. The number of hydrogen-bond acceptors (Lipinski definition) is 4. The summed E-state index contributed by atoms with van der Waals surface area (Å²) in [6.07, 6.45) is 1.28. The van der Waals surface area contributed by atoms with E-state index in [1.807, 2.05) is 12.1 Å². The molecule has 1 aromatic rings. The van der Waals surface area contributed by atoms with Gasteiger partial charge in [-0.2, -0.15) is 0 Å². The predicted molar refractivity (Wildman–Crippen MR) is 77.1 cm³/mol. The molecule has 1 saturated heterocycles. The fourth-order valence-electron chi connectivity index (χ4n) is 2.23. The third-order valence-electron chi connectivity index (χ3n) is 3.41. The molecular weight excluding hydrogens is 270 g/mol. The van der Waals surface area contributed by atoms with Crippen molar-refractivity contribution in [2.24, 2.45) is 0 Å². The number of hydrogen-bond donors (Lipinski definition) is 0. The first-order valence-corrected chi connectivity index (χ1v) is 7.05. The van der Waals surface area contributed by atoms with Gasteiger partial charge in [0.05, 0.1) is 0 Å². The Balaban J connectivity index is 1.81. The second-order valence-electron chi connectivity index (χ2n) is 5.23. The Morgan fingerprint density at radius 1 is 1.14 bits per heavy atom. The van der Waals surface area contributed by atoms with Crippen LogP contribution in [-0.2, 0) is 20.8 Å². The normalized spacial score (nSPS) is 14.9. The van der Waals surface area contributed by atoms with E-state index in [1.165, 1.54) is 0 Å². The van der Waals surface area contributed by atoms with Gasteiger partial charge in [-0.1, -0.05) is 12.1 Å². The van der Waals surface area contributed by atoms with E-state index in [0.29, 0.717) is 38.1 Å². The van der Waals surface area contributed by atoms with Gasteiger partial charge in [0.1, 0.15) is 17.3 Å². The smallest absolute Gasteiger partial charge is 0.260 e. The van der Waals surface area contributed by atoms with Gasteiger partial charge in [0.25, 0.3) is 5.91 Å². The van der Waals surface area contributed by atoms with Crippen molar-refractivity contribution in [3.05, 3.63) is 29.8 Å². The Bertz CT molecular complexity index is 526. The molecule has 21 heavy (non-hydrogen) atoms. The molecule has 0 unspecified atom stereocenters.